The van der Waals surface area contributed by atoms with Crippen LogP contribution >= 0.6 is 12.4 Å². The highest BCUT2D eigenvalue weighted by molar-refractivity contribution is 5.85. The Morgan fingerprint density at radius 1 is 1.50 bits per heavy atom. The number of cyclic esters (lactones) is 1. The third kappa shape index (κ3) is 2.44. The Labute approximate surface area is 99.4 Å². The Morgan fingerprint density at radius 2 is 2.25 bits per heavy atom. The number of hydrogen-bond acceptors (Lipinski definition) is 2. The Morgan fingerprint density at radius 3 is 2.94 bits per heavy atom. The predicted molar refractivity (Wildman–Crippen MR) is 60.2 cm³/mol. The number of nitrogens with one attached hydrogen (secondary N) is 1. The maximum atomic E-state index is 13.3. The van der Waals surface area contributed by atoms with Gasteiger partial charge in [0.2, 0.25) is 0 Å². The van der Waals surface area contributed by atoms with Crippen molar-refractivity contribution < 1.29 is 13.9 Å². The summed E-state index contributed by atoms with van der Waals surface area (Å²) in [6.45, 7) is 2.10. The van der Waals surface area contributed by atoms with Crippen molar-refractivity contribution in [2.24, 2.45) is 0 Å². The summed E-state index contributed by atoms with van der Waals surface area (Å²) in [5, 5.41) is 2.67. The molecule has 0 bridgehead atoms. The fourth-order valence-corrected chi connectivity index (χ4v) is 1.76. The van der Waals surface area contributed by atoms with Gasteiger partial charge in [-0.25, -0.2) is 9.18 Å². The van der Waals surface area contributed by atoms with E-state index in [1.165, 1.54) is 6.07 Å². The van der Waals surface area contributed by atoms with Gasteiger partial charge in [0.15, 0.2) is 0 Å². The van der Waals surface area contributed by atoms with Crippen molar-refractivity contribution in [2.45, 2.75) is 19.4 Å². The molecule has 0 aromatic heterocycles. The first-order chi connectivity index (χ1) is 7.18. The number of hydrogen-bond donors (Lipinski definition) is 1. The Bertz CT molecular complexity index is 398. The summed E-state index contributed by atoms with van der Waals surface area (Å²) >= 11 is 0. The summed E-state index contributed by atoms with van der Waals surface area (Å²) in [5.74, 6) is -0.242. The van der Waals surface area contributed by atoms with Gasteiger partial charge in [0.25, 0.3) is 0 Å². The normalized spacial score (nSPS) is 19.4. The molecule has 0 spiro atoms. The zero-order valence-corrected chi connectivity index (χ0v) is 9.64. The average molecular weight is 246 g/mol. The molecular formula is C11H13ClFNO2. The van der Waals surface area contributed by atoms with E-state index in [9.17, 15) is 9.18 Å². The van der Waals surface area contributed by atoms with Crippen LogP contribution in [0.3, 0.4) is 0 Å². The fraction of sp³-hybridized carbons (Fsp3) is 0.364. The van der Waals surface area contributed by atoms with Crippen LogP contribution in [0.25, 0.3) is 0 Å². The fourth-order valence-electron chi connectivity index (χ4n) is 1.76. The molecule has 1 fully saturated rings. The molecule has 88 valence electrons. The van der Waals surface area contributed by atoms with Crippen molar-refractivity contribution in [3.05, 3.63) is 35.1 Å². The number of alkyl carbamates (subject to hydrolysis) is 1. The second-order valence-corrected chi connectivity index (χ2v) is 3.58. The van der Waals surface area contributed by atoms with E-state index >= 15 is 0 Å². The van der Waals surface area contributed by atoms with E-state index in [4.69, 9.17) is 4.74 Å². The molecule has 1 aromatic rings. The van der Waals surface area contributed by atoms with Crippen LogP contribution in [0, 0.1) is 12.7 Å². The van der Waals surface area contributed by atoms with E-state index in [2.05, 4.69) is 5.32 Å². The molecule has 2 rings (SSSR count). The Balaban J connectivity index is 0.00000128. The van der Waals surface area contributed by atoms with Gasteiger partial charge in [-0.05, 0) is 24.1 Å². The lowest BCUT2D eigenvalue weighted by molar-refractivity contribution is 0.115. The Hall–Kier alpha value is -1.29. The van der Waals surface area contributed by atoms with Crippen LogP contribution in [0.1, 0.15) is 23.6 Å². The van der Waals surface area contributed by atoms with E-state index in [1.807, 2.05) is 6.07 Å². The topological polar surface area (TPSA) is 38.3 Å². The molecule has 0 unspecified atom stereocenters. The highest BCUT2D eigenvalue weighted by Gasteiger charge is 2.22. The van der Waals surface area contributed by atoms with Crippen molar-refractivity contribution in [2.75, 3.05) is 6.61 Å². The molecule has 1 heterocycles. The number of carbonyl (C=O) groups excluding carboxylic acids is 1. The molecule has 5 heteroatoms. The van der Waals surface area contributed by atoms with Crippen LogP contribution in [-0.4, -0.2) is 12.7 Å². The third-order valence-corrected chi connectivity index (χ3v) is 2.62. The maximum absolute atomic E-state index is 13.3. The summed E-state index contributed by atoms with van der Waals surface area (Å²) in [6, 6.07) is 4.76. The van der Waals surface area contributed by atoms with E-state index in [0.29, 0.717) is 18.6 Å². The maximum Gasteiger partial charge on any atom is 0.407 e. The second-order valence-electron chi connectivity index (χ2n) is 3.58. The number of amides is 1. The predicted octanol–water partition coefficient (Wildman–Crippen LogP) is 2.73. The second kappa shape index (κ2) is 5.16. The van der Waals surface area contributed by atoms with Crippen molar-refractivity contribution in [1.29, 1.82) is 0 Å². The van der Waals surface area contributed by atoms with Gasteiger partial charge in [0.1, 0.15) is 5.82 Å². The summed E-state index contributed by atoms with van der Waals surface area (Å²) in [4.78, 5) is 11.0. The van der Waals surface area contributed by atoms with Crippen LogP contribution < -0.4 is 5.32 Å². The minimum Gasteiger partial charge on any atom is -0.449 e. The molecule has 1 amide bonds. The summed E-state index contributed by atoms with van der Waals surface area (Å²) < 4.78 is 18.0. The summed E-state index contributed by atoms with van der Waals surface area (Å²) in [7, 11) is 0. The molecular weight excluding hydrogens is 233 g/mol. The van der Waals surface area contributed by atoms with Gasteiger partial charge in [-0.1, -0.05) is 12.1 Å². The highest BCUT2D eigenvalue weighted by Crippen LogP contribution is 2.24. The molecule has 1 saturated heterocycles. The minimum atomic E-state index is -0.435. The van der Waals surface area contributed by atoms with Crippen molar-refractivity contribution in [3.63, 3.8) is 0 Å². The SMILES string of the molecule is Cc1c(F)cccc1[C@H]1CCOC(=O)N1.Cl. The van der Waals surface area contributed by atoms with Gasteiger partial charge in [0, 0.05) is 6.42 Å². The number of rotatable bonds is 1. The van der Waals surface area contributed by atoms with Gasteiger partial charge in [-0.15, -0.1) is 12.4 Å². The highest BCUT2D eigenvalue weighted by atomic mass is 35.5. The van der Waals surface area contributed by atoms with Crippen LogP contribution in [0.4, 0.5) is 9.18 Å². The molecule has 0 aliphatic carbocycles. The summed E-state index contributed by atoms with van der Waals surface area (Å²) in [5.41, 5.74) is 1.41. The van der Waals surface area contributed by atoms with Crippen molar-refractivity contribution in [3.8, 4) is 0 Å². The monoisotopic (exact) mass is 245 g/mol. The number of benzene rings is 1. The molecule has 0 radical (unpaired) electrons. The smallest absolute Gasteiger partial charge is 0.407 e. The largest absolute Gasteiger partial charge is 0.449 e. The average Bonchev–Trinajstić information content (AvgIpc) is 2.22. The van der Waals surface area contributed by atoms with Crippen molar-refractivity contribution in [1.82, 2.24) is 5.32 Å². The van der Waals surface area contributed by atoms with Crippen LogP contribution in [-0.2, 0) is 4.74 Å². The number of ether oxygens (including phenoxy) is 1. The molecule has 1 N–H and O–H groups in total. The van der Waals surface area contributed by atoms with Gasteiger partial charge in [-0.3, -0.25) is 0 Å². The number of carbonyl (C=O) groups is 1. The molecule has 3 nitrogen and oxygen atoms in total. The first-order valence-electron chi connectivity index (χ1n) is 4.87. The quantitative estimate of drug-likeness (QED) is 0.826. The lowest BCUT2D eigenvalue weighted by Gasteiger charge is -2.25. The summed E-state index contributed by atoms with van der Waals surface area (Å²) in [6.07, 6.45) is 0.241. The first-order valence-corrected chi connectivity index (χ1v) is 4.87. The van der Waals surface area contributed by atoms with Gasteiger partial charge in [-0.2, -0.15) is 0 Å². The van der Waals surface area contributed by atoms with Crippen LogP contribution in [0.5, 0.6) is 0 Å². The van der Waals surface area contributed by atoms with Crippen LogP contribution in [0.2, 0.25) is 0 Å². The van der Waals surface area contributed by atoms with E-state index < -0.39 is 6.09 Å². The lowest BCUT2D eigenvalue weighted by Crippen LogP contribution is -2.35. The lowest BCUT2D eigenvalue weighted by atomic mass is 9.98. The molecule has 0 saturated carbocycles. The zero-order chi connectivity index (χ0) is 10.8. The first kappa shape index (κ1) is 12.8. The van der Waals surface area contributed by atoms with Crippen LogP contribution in [0.15, 0.2) is 18.2 Å². The van der Waals surface area contributed by atoms with Gasteiger partial charge >= 0.3 is 6.09 Å². The number of halogens is 2. The van der Waals surface area contributed by atoms with E-state index in [-0.39, 0.29) is 24.3 Å². The van der Waals surface area contributed by atoms with Gasteiger partial charge in [0.05, 0.1) is 12.6 Å². The van der Waals surface area contributed by atoms with Crippen molar-refractivity contribution >= 4 is 18.5 Å². The standard InChI is InChI=1S/C11H12FNO2.ClH/c1-7-8(3-2-4-9(7)12)10-5-6-15-11(14)13-10;/h2-4,10H,5-6H2,1H3,(H,13,14);1H/t10-;/m1./s1. The zero-order valence-electron chi connectivity index (χ0n) is 8.83. The molecule has 16 heavy (non-hydrogen) atoms. The molecule has 1 atom stereocenters. The van der Waals surface area contributed by atoms with E-state index in [0.717, 1.165) is 5.56 Å². The Kier molecular flexibility index (Phi) is 4.12. The van der Waals surface area contributed by atoms with E-state index in [1.54, 1.807) is 13.0 Å². The molecule has 1 aliphatic rings. The molecule has 1 aliphatic heterocycles. The van der Waals surface area contributed by atoms with Gasteiger partial charge < -0.3 is 10.1 Å². The minimum absolute atomic E-state index is 0. The molecule has 1 aromatic carbocycles. The third-order valence-electron chi connectivity index (χ3n) is 2.62.